The second-order valence-corrected chi connectivity index (χ2v) is 3.92. The fourth-order valence-electron chi connectivity index (χ4n) is 2.07. The van der Waals surface area contributed by atoms with Crippen LogP contribution in [0, 0.1) is 0 Å². The Labute approximate surface area is 93.7 Å². The number of rotatable bonds is 1. The summed E-state index contributed by atoms with van der Waals surface area (Å²) in [6.45, 7) is 1.68. The molecule has 4 heteroatoms. The van der Waals surface area contributed by atoms with E-state index in [4.69, 9.17) is 5.73 Å². The summed E-state index contributed by atoms with van der Waals surface area (Å²) in [7, 11) is 0. The van der Waals surface area contributed by atoms with Crippen LogP contribution >= 0.6 is 0 Å². The molecule has 2 heterocycles. The molecule has 0 aliphatic carbocycles. The summed E-state index contributed by atoms with van der Waals surface area (Å²) in [5, 5.41) is 8.00. The van der Waals surface area contributed by atoms with Gasteiger partial charge in [0, 0.05) is 25.0 Å². The second kappa shape index (κ2) is 3.48. The van der Waals surface area contributed by atoms with Gasteiger partial charge >= 0.3 is 0 Å². The van der Waals surface area contributed by atoms with Crippen molar-refractivity contribution in [2.45, 2.75) is 13.1 Å². The van der Waals surface area contributed by atoms with E-state index in [1.807, 2.05) is 24.3 Å². The van der Waals surface area contributed by atoms with E-state index in [1.165, 1.54) is 11.1 Å². The molecule has 0 atom stereocenters. The number of hydrogen-bond donors (Lipinski definition) is 1. The molecule has 0 saturated heterocycles. The van der Waals surface area contributed by atoms with Crippen molar-refractivity contribution in [2.24, 2.45) is 0 Å². The van der Waals surface area contributed by atoms with Crippen LogP contribution in [0.5, 0.6) is 0 Å². The second-order valence-electron chi connectivity index (χ2n) is 3.92. The van der Waals surface area contributed by atoms with E-state index in [0.717, 1.165) is 24.6 Å². The van der Waals surface area contributed by atoms with Gasteiger partial charge in [0.2, 0.25) is 0 Å². The van der Waals surface area contributed by atoms with E-state index in [2.05, 4.69) is 21.2 Å². The Morgan fingerprint density at radius 3 is 2.81 bits per heavy atom. The van der Waals surface area contributed by atoms with E-state index < -0.39 is 0 Å². The Bertz CT molecular complexity index is 510. The smallest absolute Gasteiger partial charge is 0.151 e. The first-order chi connectivity index (χ1) is 7.84. The number of aromatic nitrogens is 2. The summed E-state index contributed by atoms with van der Waals surface area (Å²) in [6, 6.07) is 9.92. The lowest BCUT2D eigenvalue weighted by Crippen LogP contribution is -2.16. The van der Waals surface area contributed by atoms with Crippen LogP contribution in [0.3, 0.4) is 0 Å². The molecule has 80 valence electrons. The fraction of sp³-hybridized carbons (Fsp3) is 0.167. The highest BCUT2D eigenvalue weighted by atomic mass is 15.3. The Hall–Kier alpha value is -2.10. The molecule has 1 aromatic carbocycles. The highest BCUT2D eigenvalue weighted by Crippen LogP contribution is 2.29. The quantitative estimate of drug-likeness (QED) is 0.729. The minimum atomic E-state index is 0.820. The molecule has 4 nitrogen and oxygen atoms in total. The third kappa shape index (κ3) is 1.39. The average Bonchev–Trinajstić information content (AvgIpc) is 2.76. The zero-order valence-corrected chi connectivity index (χ0v) is 8.80. The van der Waals surface area contributed by atoms with Gasteiger partial charge in [-0.2, -0.15) is 5.10 Å². The van der Waals surface area contributed by atoms with Crippen LogP contribution in [-0.4, -0.2) is 10.2 Å². The molecule has 0 bridgehead atoms. The van der Waals surface area contributed by atoms with Crippen LogP contribution in [0.1, 0.15) is 11.1 Å². The van der Waals surface area contributed by atoms with Crippen LogP contribution in [-0.2, 0) is 13.1 Å². The maximum atomic E-state index is 5.95. The Morgan fingerprint density at radius 2 is 2.06 bits per heavy atom. The predicted molar refractivity (Wildman–Crippen MR) is 62.8 cm³/mol. The van der Waals surface area contributed by atoms with Crippen LogP contribution in [0.25, 0.3) is 0 Å². The third-order valence-electron chi connectivity index (χ3n) is 2.90. The molecule has 0 spiro atoms. The number of hydrogen-bond acceptors (Lipinski definition) is 4. The van der Waals surface area contributed by atoms with Crippen molar-refractivity contribution < 1.29 is 0 Å². The van der Waals surface area contributed by atoms with Crippen molar-refractivity contribution in [3.63, 3.8) is 0 Å². The van der Waals surface area contributed by atoms with Gasteiger partial charge < -0.3 is 10.6 Å². The Morgan fingerprint density at radius 1 is 1.12 bits per heavy atom. The van der Waals surface area contributed by atoms with E-state index >= 15 is 0 Å². The van der Waals surface area contributed by atoms with E-state index in [1.54, 1.807) is 6.20 Å². The lowest BCUT2D eigenvalue weighted by molar-refractivity contribution is 0.832. The van der Waals surface area contributed by atoms with Gasteiger partial charge in [0.1, 0.15) is 0 Å². The molecule has 0 amide bonds. The molecule has 3 rings (SSSR count). The molecule has 0 radical (unpaired) electrons. The summed E-state index contributed by atoms with van der Waals surface area (Å²) in [4.78, 5) is 2.17. The van der Waals surface area contributed by atoms with Gasteiger partial charge in [-0.3, -0.25) is 0 Å². The molecule has 16 heavy (non-hydrogen) atoms. The van der Waals surface area contributed by atoms with Crippen molar-refractivity contribution in [3.05, 3.63) is 47.7 Å². The van der Waals surface area contributed by atoms with Gasteiger partial charge in [-0.25, -0.2) is 0 Å². The molecule has 1 aromatic heterocycles. The first-order valence-corrected chi connectivity index (χ1v) is 5.23. The molecular formula is C12H12N4. The number of nitrogen functional groups attached to an aromatic ring is 1. The van der Waals surface area contributed by atoms with E-state index in [9.17, 15) is 0 Å². The summed E-state index contributed by atoms with van der Waals surface area (Å²) in [5.41, 5.74) is 9.31. The Balaban J connectivity index is 1.94. The normalized spacial score (nSPS) is 13.9. The topological polar surface area (TPSA) is 55.0 Å². The van der Waals surface area contributed by atoms with Crippen molar-refractivity contribution in [1.29, 1.82) is 0 Å². The molecular weight excluding hydrogens is 200 g/mol. The highest BCUT2D eigenvalue weighted by molar-refractivity contribution is 5.57. The van der Waals surface area contributed by atoms with Gasteiger partial charge in [0.25, 0.3) is 0 Å². The molecule has 2 aromatic rings. The molecule has 0 saturated carbocycles. The molecule has 1 aliphatic rings. The van der Waals surface area contributed by atoms with Crippen molar-refractivity contribution in [1.82, 2.24) is 10.2 Å². The fourth-order valence-corrected chi connectivity index (χ4v) is 2.07. The zero-order chi connectivity index (χ0) is 11.0. The van der Waals surface area contributed by atoms with Gasteiger partial charge in [-0.15, -0.1) is 5.10 Å². The van der Waals surface area contributed by atoms with Crippen molar-refractivity contribution in [3.8, 4) is 0 Å². The monoisotopic (exact) mass is 212 g/mol. The summed E-state index contributed by atoms with van der Waals surface area (Å²) >= 11 is 0. The standard InChI is InChI=1S/C12H12N4/c13-11-4-1-3-9-7-16(8-10(9)11)12-5-2-6-14-15-12/h1-6H,7-8,13H2. The molecule has 0 fully saturated rings. The first-order valence-electron chi connectivity index (χ1n) is 5.23. The Kier molecular flexibility index (Phi) is 1.99. The summed E-state index contributed by atoms with van der Waals surface area (Å²) < 4.78 is 0. The summed E-state index contributed by atoms with van der Waals surface area (Å²) in [6.07, 6.45) is 1.68. The van der Waals surface area contributed by atoms with Crippen LogP contribution in [0.4, 0.5) is 11.5 Å². The maximum absolute atomic E-state index is 5.95. The predicted octanol–water partition coefficient (Wildman–Crippen LogP) is 1.58. The number of fused-ring (bicyclic) bond motifs is 1. The van der Waals surface area contributed by atoms with Crippen LogP contribution in [0.15, 0.2) is 36.5 Å². The number of nitrogens with two attached hydrogens (primary N) is 1. The highest BCUT2D eigenvalue weighted by Gasteiger charge is 2.21. The lowest BCUT2D eigenvalue weighted by atomic mass is 10.1. The van der Waals surface area contributed by atoms with Gasteiger partial charge in [-0.05, 0) is 29.3 Å². The van der Waals surface area contributed by atoms with Gasteiger partial charge in [0.05, 0.1) is 0 Å². The van der Waals surface area contributed by atoms with Crippen LogP contribution < -0.4 is 10.6 Å². The number of benzene rings is 1. The first kappa shape index (κ1) is 9.15. The van der Waals surface area contributed by atoms with E-state index in [-0.39, 0.29) is 0 Å². The average molecular weight is 212 g/mol. The minimum Gasteiger partial charge on any atom is -0.398 e. The number of anilines is 2. The molecule has 1 aliphatic heterocycles. The molecule has 2 N–H and O–H groups in total. The summed E-state index contributed by atoms with van der Waals surface area (Å²) in [5.74, 6) is 0.901. The van der Waals surface area contributed by atoms with Gasteiger partial charge in [-0.1, -0.05) is 12.1 Å². The SMILES string of the molecule is Nc1cccc2c1CN(c1cccnn1)C2. The maximum Gasteiger partial charge on any atom is 0.151 e. The zero-order valence-electron chi connectivity index (χ0n) is 8.80. The largest absolute Gasteiger partial charge is 0.398 e. The molecule has 0 unspecified atom stereocenters. The number of nitrogens with zero attached hydrogens (tertiary/aromatic N) is 3. The van der Waals surface area contributed by atoms with E-state index in [0.29, 0.717) is 0 Å². The van der Waals surface area contributed by atoms with Crippen LogP contribution in [0.2, 0.25) is 0 Å². The van der Waals surface area contributed by atoms with Crippen molar-refractivity contribution >= 4 is 11.5 Å². The minimum absolute atomic E-state index is 0.820. The lowest BCUT2D eigenvalue weighted by Gasteiger charge is -2.14. The third-order valence-corrected chi connectivity index (χ3v) is 2.90. The van der Waals surface area contributed by atoms with Gasteiger partial charge in [0.15, 0.2) is 5.82 Å². The van der Waals surface area contributed by atoms with Crippen molar-refractivity contribution in [2.75, 3.05) is 10.6 Å².